The summed E-state index contributed by atoms with van der Waals surface area (Å²) in [6, 6.07) is 21.6. The van der Waals surface area contributed by atoms with Gasteiger partial charge in [0.25, 0.3) is 5.69 Å². The summed E-state index contributed by atoms with van der Waals surface area (Å²) in [5.41, 5.74) is 1.56. The van der Waals surface area contributed by atoms with Crippen molar-refractivity contribution in [3.05, 3.63) is 105 Å². The number of ether oxygens (including phenoxy) is 1. The number of likely N-dealkylation sites (tertiary alicyclic amines) is 1. The molecule has 0 radical (unpaired) electrons. The number of likely N-dealkylation sites (N-methyl/N-ethyl adjacent to an activating group) is 1. The van der Waals surface area contributed by atoms with Gasteiger partial charge < -0.3 is 19.6 Å². The molecule has 1 amide bonds. The average Bonchev–Trinajstić information content (AvgIpc) is 3.05. The fourth-order valence-corrected chi connectivity index (χ4v) is 7.01. The van der Waals surface area contributed by atoms with Gasteiger partial charge in [0.1, 0.15) is 6.61 Å². The molecule has 1 atom stereocenters. The van der Waals surface area contributed by atoms with E-state index in [1.807, 2.05) is 18.2 Å². The van der Waals surface area contributed by atoms with Crippen molar-refractivity contribution in [1.82, 2.24) is 14.1 Å². The van der Waals surface area contributed by atoms with Crippen molar-refractivity contribution < 1.29 is 28.0 Å². The number of rotatable bonds is 14. The van der Waals surface area contributed by atoms with Crippen molar-refractivity contribution in [1.29, 1.82) is 0 Å². The van der Waals surface area contributed by atoms with E-state index in [2.05, 4.69) is 4.90 Å². The zero-order valence-corrected chi connectivity index (χ0v) is 26.8. The van der Waals surface area contributed by atoms with E-state index in [0.717, 1.165) is 25.2 Å². The number of hydrogen-bond acceptors (Lipinski definition) is 8. The van der Waals surface area contributed by atoms with Gasteiger partial charge in [-0.3, -0.25) is 10.1 Å². The Morgan fingerprint density at radius 1 is 1.09 bits per heavy atom. The fourth-order valence-electron chi connectivity index (χ4n) is 5.57. The van der Waals surface area contributed by atoms with Crippen LogP contribution in [0, 0.1) is 10.1 Å². The van der Waals surface area contributed by atoms with Crippen LogP contribution < -0.4 is 0 Å². The summed E-state index contributed by atoms with van der Waals surface area (Å²) in [6.45, 7) is 2.38. The number of amides is 1. The molecule has 1 aliphatic rings. The molecule has 0 aliphatic carbocycles. The topological polar surface area (TPSA) is 134 Å². The average molecular weight is 659 g/mol. The molecule has 1 heterocycles. The standard InChI is InChI=1S/C32H39ClN4O7S/c1-34(45(42,43)31-8-3-2-4-9-31)23-27(26-6-5-7-28(33)22-26)14-17-35-18-15-29(16-19-35)36(20-21-38)32(39)44-24-25-10-12-30(13-11-25)37(40)41/h2-13,22,27,29,38H,14-21,23-24H2,1H3. The highest BCUT2D eigenvalue weighted by Crippen LogP contribution is 2.27. The van der Waals surface area contributed by atoms with E-state index in [1.54, 1.807) is 60.5 Å². The second-order valence-electron chi connectivity index (χ2n) is 11.1. The molecule has 1 aliphatic heterocycles. The molecule has 0 aromatic heterocycles. The first kappa shape index (κ1) is 34.3. The van der Waals surface area contributed by atoms with Gasteiger partial charge in [-0.2, -0.15) is 0 Å². The minimum atomic E-state index is -3.66. The van der Waals surface area contributed by atoms with Crippen LogP contribution in [0.25, 0.3) is 0 Å². The number of carbonyl (C=O) groups excluding carboxylic acids is 1. The van der Waals surface area contributed by atoms with Gasteiger partial charge in [0, 0.05) is 56.4 Å². The third-order valence-corrected chi connectivity index (χ3v) is 10.2. The first-order chi connectivity index (χ1) is 21.6. The number of nitro benzene ring substituents is 1. The molecule has 13 heteroatoms. The number of piperidine rings is 1. The maximum atomic E-state index is 13.2. The number of carbonyl (C=O) groups is 1. The van der Waals surface area contributed by atoms with Crippen LogP contribution in [-0.4, -0.2) is 91.1 Å². The van der Waals surface area contributed by atoms with E-state index in [4.69, 9.17) is 16.3 Å². The number of sulfonamides is 1. The lowest BCUT2D eigenvalue weighted by Crippen LogP contribution is -2.48. The lowest BCUT2D eigenvalue weighted by molar-refractivity contribution is -0.384. The van der Waals surface area contributed by atoms with E-state index in [-0.39, 0.29) is 42.3 Å². The van der Waals surface area contributed by atoms with Crippen molar-refractivity contribution in [2.45, 2.75) is 42.7 Å². The predicted molar refractivity (Wildman–Crippen MR) is 172 cm³/mol. The number of non-ortho nitro benzene ring substituents is 1. The third-order valence-electron chi connectivity index (χ3n) is 8.13. The lowest BCUT2D eigenvalue weighted by Gasteiger charge is -2.38. The van der Waals surface area contributed by atoms with E-state index in [9.17, 15) is 28.4 Å². The van der Waals surface area contributed by atoms with Crippen molar-refractivity contribution in [2.75, 3.05) is 46.4 Å². The molecule has 0 saturated carbocycles. The van der Waals surface area contributed by atoms with Gasteiger partial charge >= 0.3 is 6.09 Å². The second-order valence-corrected chi connectivity index (χ2v) is 13.6. The van der Waals surface area contributed by atoms with Crippen LogP contribution in [0.4, 0.5) is 10.5 Å². The zero-order chi connectivity index (χ0) is 32.4. The Labute approximate surface area is 269 Å². The van der Waals surface area contributed by atoms with Crippen LogP contribution in [0.2, 0.25) is 5.02 Å². The maximum absolute atomic E-state index is 13.2. The van der Waals surface area contributed by atoms with Crippen molar-refractivity contribution >= 4 is 33.4 Å². The Bertz CT molecular complexity index is 1520. The number of halogens is 1. The smallest absolute Gasteiger partial charge is 0.410 e. The Morgan fingerprint density at radius 2 is 1.78 bits per heavy atom. The van der Waals surface area contributed by atoms with E-state index >= 15 is 0 Å². The molecular formula is C32H39ClN4O7S. The van der Waals surface area contributed by atoms with E-state index in [1.165, 1.54) is 16.4 Å². The first-order valence-corrected chi connectivity index (χ1v) is 16.7. The van der Waals surface area contributed by atoms with Gasteiger partial charge in [-0.25, -0.2) is 17.5 Å². The van der Waals surface area contributed by atoms with E-state index < -0.39 is 21.0 Å². The van der Waals surface area contributed by atoms with Crippen LogP contribution in [0.5, 0.6) is 0 Å². The highest BCUT2D eigenvalue weighted by atomic mass is 35.5. The molecule has 1 saturated heterocycles. The molecular weight excluding hydrogens is 620 g/mol. The van der Waals surface area contributed by atoms with Crippen LogP contribution in [0.1, 0.15) is 36.3 Å². The Kier molecular flexibility index (Phi) is 12.3. The summed E-state index contributed by atoms with van der Waals surface area (Å²) in [7, 11) is -2.06. The molecule has 0 bridgehead atoms. The molecule has 1 fully saturated rings. The summed E-state index contributed by atoms with van der Waals surface area (Å²) < 4.78 is 33.4. The van der Waals surface area contributed by atoms with Gasteiger partial charge in [0.15, 0.2) is 0 Å². The van der Waals surface area contributed by atoms with Crippen LogP contribution in [-0.2, 0) is 21.4 Å². The largest absolute Gasteiger partial charge is 0.445 e. The highest BCUT2D eigenvalue weighted by molar-refractivity contribution is 7.89. The van der Waals surface area contributed by atoms with Crippen molar-refractivity contribution in [2.24, 2.45) is 0 Å². The molecule has 1 N–H and O–H groups in total. The van der Waals surface area contributed by atoms with Crippen LogP contribution >= 0.6 is 11.6 Å². The second kappa shape index (κ2) is 16.1. The molecule has 242 valence electrons. The summed E-state index contributed by atoms with van der Waals surface area (Å²) >= 11 is 6.30. The normalized spacial score (nSPS) is 15.1. The minimum absolute atomic E-state index is 0.0308. The monoisotopic (exact) mass is 658 g/mol. The van der Waals surface area contributed by atoms with Gasteiger partial charge in [0.2, 0.25) is 10.0 Å². The molecule has 4 rings (SSSR count). The summed E-state index contributed by atoms with van der Waals surface area (Å²) in [4.78, 5) is 27.4. The zero-order valence-electron chi connectivity index (χ0n) is 25.2. The van der Waals surface area contributed by atoms with Gasteiger partial charge in [-0.1, -0.05) is 41.9 Å². The van der Waals surface area contributed by atoms with Crippen LogP contribution in [0.15, 0.2) is 83.8 Å². The number of benzene rings is 3. The SMILES string of the molecule is CN(CC(CCN1CCC(N(CCO)C(=O)OCc2ccc([N+](=O)[O-])cc2)CC1)c1cccc(Cl)c1)S(=O)(=O)c1ccccc1. The van der Waals surface area contributed by atoms with Gasteiger partial charge in [-0.05, 0) is 79.3 Å². The quantitative estimate of drug-likeness (QED) is 0.186. The van der Waals surface area contributed by atoms with E-state index in [0.29, 0.717) is 36.4 Å². The molecule has 11 nitrogen and oxygen atoms in total. The molecule has 0 spiro atoms. The van der Waals surface area contributed by atoms with Crippen molar-refractivity contribution in [3.63, 3.8) is 0 Å². The maximum Gasteiger partial charge on any atom is 0.410 e. The Hall–Kier alpha value is -3.55. The number of aliphatic hydroxyl groups is 1. The summed E-state index contributed by atoms with van der Waals surface area (Å²) in [5.74, 6) is -0.0924. The number of nitrogens with zero attached hydrogens (tertiary/aromatic N) is 4. The third kappa shape index (κ3) is 9.47. The van der Waals surface area contributed by atoms with Crippen molar-refractivity contribution in [3.8, 4) is 0 Å². The summed E-state index contributed by atoms with van der Waals surface area (Å²) in [6.07, 6.45) is 1.55. The summed E-state index contributed by atoms with van der Waals surface area (Å²) in [5, 5.41) is 21.1. The first-order valence-electron chi connectivity index (χ1n) is 14.8. The molecule has 3 aromatic rings. The number of hydrogen-bond donors (Lipinski definition) is 1. The molecule has 1 unspecified atom stereocenters. The number of nitro groups is 1. The number of aliphatic hydroxyl groups excluding tert-OH is 1. The fraction of sp³-hybridized carbons (Fsp3) is 0.406. The highest BCUT2D eigenvalue weighted by Gasteiger charge is 2.30. The lowest BCUT2D eigenvalue weighted by atomic mass is 9.94. The molecule has 45 heavy (non-hydrogen) atoms. The van der Waals surface area contributed by atoms with Gasteiger partial charge in [0.05, 0.1) is 16.4 Å². The minimum Gasteiger partial charge on any atom is -0.445 e. The Balaban J connectivity index is 1.34. The Morgan fingerprint density at radius 3 is 2.40 bits per heavy atom. The molecule has 3 aromatic carbocycles. The van der Waals surface area contributed by atoms with Gasteiger partial charge in [-0.15, -0.1) is 0 Å². The van der Waals surface area contributed by atoms with Crippen LogP contribution in [0.3, 0.4) is 0 Å². The predicted octanol–water partition coefficient (Wildman–Crippen LogP) is 5.14.